The number of amides is 1. The molecule has 1 saturated carbocycles. The highest BCUT2D eigenvalue weighted by molar-refractivity contribution is 5.94. The minimum atomic E-state index is 0.107. The molecule has 0 spiro atoms. The zero-order valence-corrected chi connectivity index (χ0v) is 13.7. The Morgan fingerprint density at radius 1 is 1.33 bits per heavy atom. The Labute approximate surface area is 140 Å². The van der Waals surface area contributed by atoms with Gasteiger partial charge >= 0.3 is 0 Å². The summed E-state index contributed by atoms with van der Waals surface area (Å²) in [4.78, 5) is 18.5. The second kappa shape index (κ2) is 6.33. The van der Waals surface area contributed by atoms with Crippen molar-refractivity contribution in [1.82, 2.24) is 20.4 Å². The van der Waals surface area contributed by atoms with Gasteiger partial charge in [-0.05, 0) is 44.2 Å². The van der Waals surface area contributed by atoms with Crippen molar-refractivity contribution in [3.8, 4) is 11.5 Å². The van der Waals surface area contributed by atoms with Crippen molar-refractivity contribution in [1.29, 1.82) is 0 Å². The zero-order valence-electron chi connectivity index (χ0n) is 13.7. The first-order valence-corrected chi connectivity index (χ1v) is 8.36. The molecule has 1 saturated heterocycles. The van der Waals surface area contributed by atoms with Crippen LogP contribution in [-0.4, -0.2) is 47.6 Å². The smallest absolute Gasteiger partial charge is 0.257 e. The van der Waals surface area contributed by atoms with E-state index in [9.17, 15) is 4.79 Å². The highest BCUT2D eigenvalue weighted by Gasteiger charge is 2.29. The number of aromatic nitrogens is 2. The monoisotopic (exact) mass is 327 g/mol. The Bertz CT molecular complexity index is 723. The van der Waals surface area contributed by atoms with E-state index in [1.165, 1.54) is 0 Å². The summed E-state index contributed by atoms with van der Waals surface area (Å²) in [6, 6.07) is 7.65. The van der Waals surface area contributed by atoms with Crippen molar-refractivity contribution in [3.63, 3.8) is 0 Å². The first kappa shape index (κ1) is 15.3. The number of nitrogens with zero attached hydrogens (tertiary/aromatic N) is 3. The number of piperazine rings is 1. The molecule has 1 aliphatic heterocycles. The van der Waals surface area contributed by atoms with E-state index in [0.29, 0.717) is 11.7 Å². The van der Waals surface area contributed by atoms with Crippen molar-refractivity contribution >= 4 is 11.6 Å². The second-order valence-corrected chi connectivity index (χ2v) is 6.50. The highest BCUT2D eigenvalue weighted by atomic mass is 16.5. The fourth-order valence-electron chi connectivity index (χ4n) is 2.87. The molecule has 1 aromatic carbocycles. The van der Waals surface area contributed by atoms with Crippen LogP contribution < -0.4 is 10.6 Å². The molecule has 4 rings (SSSR count). The summed E-state index contributed by atoms with van der Waals surface area (Å²) in [5, 5.41) is 10.4. The van der Waals surface area contributed by atoms with Crippen LogP contribution in [0.5, 0.6) is 0 Å². The maximum absolute atomic E-state index is 11.8. The lowest BCUT2D eigenvalue weighted by molar-refractivity contribution is -0.117. The fourth-order valence-corrected chi connectivity index (χ4v) is 2.87. The number of anilines is 1. The molecule has 1 amide bonds. The molecule has 1 aliphatic carbocycles. The largest absolute Gasteiger partial charge is 0.334 e. The molecule has 1 aromatic heterocycles. The number of hydrogen-bond acceptors (Lipinski definition) is 6. The Hall–Kier alpha value is -2.25. The molecule has 7 heteroatoms. The van der Waals surface area contributed by atoms with Gasteiger partial charge in [-0.15, -0.1) is 0 Å². The van der Waals surface area contributed by atoms with Gasteiger partial charge in [-0.2, -0.15) is 4.98 Å². The van der Waals surface area contributed by atoms with Gasteiger partial charge in [0.2, 0.25) is 5.91 Å². The normalized spacial score (nSPS) is 21.6. The minimum absolute atomic E-state index is 0.107. The third kappa shape index (κ3) is 3.18. The third-order valence-electron chi connectivity index (χ3n) is 4.60. The van der Waals surface area contributed by atoms with Crippen LogP contribution in [0, 0.1) is 5.92 Å². The zero-order chi connectivity index (χ0) is 16.5. The summed E-state index contributed by atoms with van der Waals surface area (Å²) in [5.74, 6) is 1.51. The first-order valence-electron chi connectivity index (χ1n) is 8.36. The minimum Gasteiger partial charge on any atom is -0.334 e. The van der Waals surface area contributed by atoms with Gasteiger partial charge in [0.1, 0.15) is 0 Å². The number of carbonyl (C=O) groups is 1. The molecular formula is C17H21N5O2. The molecule has 1 atom stereocenters. The van der Waals surface area contributed by atoms with E-state index in [0.717, 1.165) is 43.7 Å². The van der Waals surface area contributed by atoms with E-state index in [-0.39, 0.29) is 17.9 Å². The molecule has 2 aliphatic rings. The van der Waals surface area contributed by atoms with Crippen LogP contribution >= 0.6 is 0 Å². The lowest BCUT2D eigenvalue weighted by Crippen LogP contribution is -2.44. The summed E-state index contributed by atoms with van der Waals surface area (Å²) in [6.07, 6.45) is 2.00. The number of benzene rings is 1. The van der Waals surface area contributed by atoms with Crippen LogP contribution in [0.25, 0.3) is 11.5 Å². The lowest BCUT2D eigenvalue weighted by Gasteiger charge is -2.30. The summed E-state index contributed by atoms with van der Waals surface area (Å²) >= 11 is 0. The van der Waals surface area contributed by atoms with E-state index in [1.807, 2.05) is 24.3 Å². The summed E-state index contributed by atoms with van der Waals surface area (Å²) < 4.78 is 5.42. The van der Waals surface area contributed by atoms with Crippen LogP contribution in [0.3, 0.4) is 0 Å². The van der Waals surface area contributed by atoms with Gasteiger partial charge in [0.25, 0.3) is 5.89 Å². The predicted molar refractivity (Wildman–Crippen MR) is 89.3 cm³/mol. The van der Waals surface area contributed by atoms with Crippen LogP contribution in [0.2, 0.25) is 0 Å². The van der Waals surface area contributed by atoms with Gasteiger partial charge in [0.05, 0.1) is 6.04 Å². The molecule has 126 valence electrons. The number of rotatable bonds is 4. The molecule has 0 bridgehead atoms. The number of carbonyl (C=O) groups excluding carboxylic acids is 1. The summed E-state index contributed by atoms with van der Waals surface area (Å²) in [6.45, 7) is 2.76. The standard InChI is InChI=1S/C17H21N5O2/c1-22-9-8-18-10-14(22)15-20-17(24-21-15)12-4-6-13(7-5-12)19-16(23)11-2-3-11/h4-7,11,14,18H,2-3,8-10H2,1H3,(H,19,23). The Morgan fingerprint density at radius 3 is 2.83 bits per heavy atom. The molecule has 0 radical (unpaired) electrons. The molecular weight excluding hydrogens is 306 g/mol. The van der Waals surface area contributed by atoms with Crippen molar-refractivity contribution in [2.24, 2.45) is 5.92 Å². The van der Waals surface area contributed by atoms with Crippen molar-refractivity contribution in [3.05, 3.63) is 30.1 Å². The van der Waals surface area contributed by atoms with E-state index in [1.54, 1.807) is 0 Å². The van der Waals surface area contributed by atoms with Gasteiger partial charge in [0, 0.05) is 36.8 Å². The molecule has 1 unspecified atom stereocenters. The molecule has 2 aromatic rings. The molecule has 2 heterocycles. The average Bonchev–Trinajstić information content (AvgIpc) is 3.34. The molecule has 2 N–H and O–H groups in total. The van der Waals surface area contributed by atoms with Gasteiger partial charge in [-0.1, -0.05) is 5.16 Å². The van der Waals surface area contributed by atoms with E-state index >= 15 is 0 Å². The van der Waals surface area contributed by atoms with Crippen molar-refractivity contribution in [2.75, 3.05) is 32.0 Å². The van der Waals surface area contributed by atoms with Gasteiger partial charge in [0.15, 0.2) is 5.82 Å². The maximum Gasteiger partial charge on any atom is 0.257 e. The maximum atomic E-state index is 11.8. The molecule has 2 fully saturated rings. The lowest BCUT2D eigenvalue weighted by atomic mass is 10.2. The summed E-state index contributed by atoms with van der Waals surface area (Å²) in [7, 11) is 2.07. The van der Waals surface area contributed by atoms with Crippen molar-refractivity contribution < 1.29 is 9.32 Å². The van der Waals surface area contributed by atoms with Crippen molar-refractivity contribution in [2.45, 2.75) is 18.9 Å². The van der Waals surface area contributed by atoms with E-state index < -0.39 is 0 Å². The molecule has 24 heavy (non-hydrogen) atoms. The number of nitrogens with one attached hydrogen (secondary N) is 2. The fraction of sp³-hybridized carbons (Fsp3) is 0.471. The first-order chi connectivity index (χ1) is 11.7. The van der Waals surface area contributed by atoms with Gasteiger partial charge in [-0.25, -0.2) is 0 Å². The van der Waals surface area contributed by atoms with Gasteiger partial charge < -0.3 is 15.2 Å². The summed E-state index contributed by atoms with van der Waals surface area (Å²) in [5.41, 5.74) is 1.65. The molecule has 7 nitrogen and oxygen atoms in total. The van der Waals surface area contributed by atoms with Crippen LogP contribution in [0.15, 0.2) is 28.8 Å². The number of hydrogen-bond donors (Lipinski definition) is 2. The predicted octanol–water partition coefficient (Wildman–Crippen LogP) is 1.66. The SMILES string of the molecule is CN1CCNCC1c1noc(-c2ccc(NC(=O)C3CC3)cc2)n1. The van der Waals surface area contributed by atoms with Crippen LogP contribution in [-0.2, 0) is 4.79 Å². The van der Waals surface area contributed by atoms with Crippen LogP contribution in [0.4, 0.5) is 5.69 Å². The van der Waals surface area contributed by atoms with Gasteiger partial charge in [-0.3, -0.25) is 9.69 Å². The Kier molecular flexibility index (Phi) is 4.03. The second-order valence-electron chi connectivity index (χ2n) is 6.50. The average molecular weight is 327 g/mol. The topological polar surface area (TPSA) is 83.3 Å². The Balaban J connectivity index is 1.46. The Morgan fingerprint density at radius 2 is 2.12 bits per heavy atom. The van der Waals surface area contributed by atoms with E-state index in [2.05, 4.69) is 32.7 Å². The third-order valence-corrected chi connectivity index (χ3v) is 4.60. The van der Waals surface area contributed by atoms with E-state index in [4.69, 9.17) is 4.52 Å². The quantitative estimate of drug-likeness (QED) is 0.889. The number of likely N-dealkylation sites (N-methyl/N-ethyl adjacent to an activating group) is 1. The highest BCUT2D eigenvalue weighted by Crippen LogP contribution is 2.30. The van der Waals surface area contributed by atoms with Crippen LogP contribution in [0.1, 0.15) is 24.7 Å².